The molecule has 26 heavy (non-hydrogen) atoms. The van der Waals surface area contributed by atoms with E-state index in [4.69, 9.17) is 17.0 Å². The first-order valence-corrected chi connectivity index (χ1v) is 10.4. The Kier molecular flexibility index (Phi) is 4.96. The van der Waals surface area contributed by atoms with Crippen molar-refractivity contribution >= 4 is 45.3 Å². The Balaban J connectivity index is 1.78. The van der Waals surface area contributed by atoms with Crippen LogP contribution in [0.5, 0.6) is 0 Å². The van der Waals surface area contributed by atoms with Gasteiger partial charge in [-0.15, -0.1) is 11.3 Å². The van der Waals surface area contributed by atoms with Gasteiger partial charge in [0.1, 0.15) is 5.00 Å². The van der Waals surface area contributed by atoms with E-state index in [0.29, 0.717) is 18.3 Å². The van der Waals surface area contributed by atoms with Gasteiger partial charge in [-0.3, -0.25) is 0 Å². The highest BCUT2D eigenvalue weighted by Gasteiger charge is 2.31. The molecule has 2 aliphatic rings. The number of aryl methyl sites for hydroxylation is 1. The summed E-state index contributed by atoms with van der Waals surface area (Å²) >= 11 is 7.34. The van der Waals surface area contributed by atoms with Crippen LogP contribution in [0.3, 0.4) is 0 Å². The number of para-hydroxylation sites is 1. The second-order valence-electron chi connectivity index (χ2n) is 6.64. The van der Waals surface area contributed by atoms with Crippen LogP contribution >= 0.6 is 23.6 Å². The molecular formula is C20H22N2O2S2. The van der Waals surface area contributed by atoms with Crippen LogP contribution in [0.15, 0.2) is 24.3 Å². The number of nitrogens with zero attached hydrogens (tertiary/aromatic N) is 1. The van der Waals surface area contributed by atoms with Gasteiger partial charge in [0.25, 0.3) is 0 Å². The number of esters is 1. The number of carbonyl (C=O) groups is 1. The molecule has 0 spiro atoms. The number of nitrogens with one attached hydrogen (secondary N) is 1. The lowest BCUT2D eigenvalue weighted by Crippen LogP contribution is -2.38. The van der Waals surface area contributed by atoms with Gasteiger partial charge in [-0.25, -0.2) is 4.79 Å². The minimum atomic E-state index is -0.219. The maximum atomic E-state index is 12.8. The Bertz CT molecular complexity index is 859. The van der Waals surface area contributed by atoms with Crippen molar-refractivity contribution in [3.8, 4) is 0 Å². The Morgan fingerprint density at radius 2 is 2.08 bits per heavy atom. The summed E-state index contributed by atoms with van der Waals surface area (Å²) < 4.78 is 5.41. The summed E-state index contributed by atoms with van der Waals surface area (Å²) in [6.07, 6.45) is 5.51. The standard InChI is InChI=1S/C20H22N2O2S2/c1-2-24-19(23)17-14-9-4-3-5-11-16(14)26-18(17)22-12-13-8-6-7-10-15(13)21-20(22)25/h6-8,10H,2-5,9,11-12H2,1H3,(H,21,25). The molecule has 4 nitrogen and oxygen atoms in total. The molecule has 0 amide bonds. The number of rotatable bonds is 3. The van der Waals surface area contributed by atoms with Crippen LogP contribution in [0.25, 0.3) is 0 Å². The fourth-order valence-electron chi connectivity index (χ4n) is 3.70. The minimum absolute atomic E-state index is 0.219. The van der Waals surface area contributed by atoms with Crippen molar-refractivity contribution < 1.29 is 9.53 Å². The molecule has 1 aromatic heterocycles. The number of hydrogen-bond donors (Lipinski definition) is 1. The molecule has 0 unspecified atom stereocenters. The van der Waals surface area contributed by atoms with Crippen LogP contribution in [-0.2, 0) is 24.1 Å². The molecule has 4 rings (SSSR count). The van der Waals surface area contributed by atoms with Gasteiger partial charge in [0.2, 0.25) is 0 Å². The van der Waals surface area contributed by atoms with Gasteiger partial charge in [0.15, 0.2) is 5.11 Å². The van der Waals surface area contributed by atoms with Crippen LogP contribution in [-0.4, -0.2) is 17.7 Å². The summed E-state index contributed by atoms with van der Waals surface area (Å²) in [5.74, 6) is -0.219. The molecule has 1 aliphatic heterocycles. The molecule has 0 atom stereocenters. The second kappa shape index (κ2) is 7.37. The average Bonchev–Trinajstić information content (AvgIpc) is 2.84. The highest BCUT2D eigenvalue weighted by molar-refractivity contribution is 7.80. The van der Waals surface area contributed by atoms with Crippen LogP contribution < -0.4 is 10.2 Å². The molecule has 0 saturated carbocycles. The molecule has 1 N–H and O–H groups in total. The monoisotopic (exact) mass is 386 g/mol. The third-order valence-corrected chi connectivity index (χ3v) is 6.60. The highest BCUT2D eigenvalue weighted by Crippen LogP contribution is 2.42. The lowest BCUT2D eigenvalue weighted by molar-refractivity contribution is 0.0526. The quantitative estimate of drug-likeness (QED) is 0.461. The Morgan fingerprint density at radius 3 is 2.92 bits per heavy atom. The fraction of sp³-hybridized carbons (Fsp3) is 0.400. The third kappa shape index (κ3) is 3.12. The molecule has 0 bridgehead atoms. The van der Waals surface area contributed by atoms with Crippen LogP contribution in [0.2, 0.25) is 0 Å². The molecule has 2 aromatic rings. The van der Waals surface area contributed by atoms with Gasteiger partial charge in [-0.05, 0) is 62.0 Å². The van der Waals surface area contributed by atoms with E-state index < -0.39 is 0 Å². The van der Waals surface area contributed by atoms with E-state index in [1.807, 2.05) is 25.1 Å². The Morgan fingerprint density at radius 1 is 1.27 bits per heavy atom. The molecule has 0 radical (unpaired) electrons. The van der Waals surface area contributed by atoms with Gasteiger partial charge < -0.3 is 15.0 Å². The summed E-state index contributed by atoms with van der Waals surface area (Å²) in [5.41, 5.74) is 4.14. The number of benzene rings is 1. The first kappa shape index (κ1) is 17.5. The van der Waals surface area contributed by atoms with Gasteiger partial charge in [0, 0.05) is 10.6 Å². The van der Waals surface area contributed by atoms with Crippen molar-refractivity contribution in [3.63, 3.8) is 0 Å². The molecule has 1 aliphatic carbocycles. The number of carbonyl (C=O) groups excluding carboxylic acids is 1. The normalized spacial score (nSPS) is 16.3. The Hall–Kier alpha value is -1.92. The second-order valence-corrected chi connectivity index (χ2v) is 8.11. The molecule has 2 heterocycles. The number of thiocarbonyl (C=S) groups is 1. The van der Waals surface area contributed by atoms with Crippen LogP contribution in [0.4, 0.5) is 10.7 Å². The van der Waals surface area contributed by atoms with Crippen molar-refractivity contribution in [2.45, 2.75) is 45.6 Å². The zero-order chi connectivity index (χ0) is 18.1. The first-order valence-electron chi connectivity index (χ1n) is 9.17. The lowest BCUT2D eigenvalue weighted by atomic mass is 10.0. The maximum absolute atomic E-state index is 12.8. The molecule has 6 heteroatoms. The number of thiophene rings is 1. The first-order chi connectivity index (χ1) is 12.7. The van der Waals surface area contributed by atoms with Gasteiger partial charge >= 0.3 is 5.97 Å². The molecule has 0 fully saturated rings. The summed E-state index contributed by atoms with van der Waals surface area (Å²) in [7, 11) is 0. The van der Waals surface area contributed by atoms with Crippen molar-refractivity contribution in [2.75, 3.05) is 16.8 Å². The van der Waals surface area contributed by atoms with Gasteiger partial charge in [-0.2, -0.15) is 0 Å². The summed E-state index contributed by atoms with van der Waals surface area (Å²) in [6.45, 7) is 2.91. The van der Waals surface area contributed by atoms with E-state index in [1.54, 1.807) is 11.3 Å². The van der Waals surface area contributed by atoms with Crippen LogP contribution in [0, 0.1) is 0 Å². The zero-order valence-corrected chi connectivity index (χ0v) is 16.5. The largest absolute Gasteiger partial charge is 0.462 e. The molecule has 1 aromatic carbocycles. The molecule has 0 saturated heterocycles. The minimum Gasteiger partial charge on any atom is -0.462 e. The van der Waals surface area contributed by atoms with Crippen molar-refractivity contribution in [1.29, 1.82) is 0 Å². The molecular weight excluding hydrogens is 364 g/mol. The average molecular weight is 387 g/mol. The Labute approximate surface area is 163 Å². The van der Waals surface area contributed by atoms with E-state index in [0.717, 1.165) is 35.5 Å². The topological polar surface area (TPSA) is 41.6 Å². The van der Waals surface area contributed by atoms with Gasteiger partial charge in [0.05, 0.1) is 18.7 Å². The van der Waals surface area contributed by atoms with Crippen molar-refractivity contribution in [3.05, 3.63) is 45.8 Å². The fourth-order valence-corrected chi connectivity index (χ4v) is 5.41. The summed E-state index contributed by atoms with van der Waals surface area (Å²) in [6, 6.07) is 8.17. The van der Waals surface area contributed by atoms with Gasteiger partial charge in [-0.1, -0.05) is 24.6 Å². The lowest BCUT2D eigenvalue weighted by Gasteiger charge is -2.31. The summed E-state index contributed by atoms with van der Waals surface area (Å²) in [4.78, 5) is 16.2. The maximum Gasteiger partial charge on any atom is 0.341 e. The van der Waals surface area contributed by atoms with E-state index >= 15 is 0 Å². The summed E-state index contributed by atoms with van der Waals surface area (Å²) in [5, 5.41) is 4.89. The van der Waals surface area contributed by atoms with Crippen molar-refractivity contribution in [2.24, 2.45) is 0 Å². The van der Waals surface area contributed by atoms with E-state index in [2.05, 4.69) is 16.3 Å². The predicted molar refractivity (Wildman–Crippen MR) is 110 cm³/mol. The van der Waals surface area contributed by atoms with Crippen molar-refractivity contribution in [1.82, 2.24) is 0 Å². The smallest absolute Gasteiger partial charge is 0.341 e. The van der Waals surface area contributed by atoms with E-state index in [-0.39, 0.29) is 5.97 Å². The predicted octanol–water partition coefficient (Wildman–Crippen LogP) is 4.91. The highest BCUT2D eigenvalue weighted by atomic mass is 32.1. The van der Waals surface area contributed by atoms with Crippen LogP contribution in [0.1, 0.15) is 52.5 Å². The number of hydrogen-bond acceptors (Lipinski definition) is 4. The third-order valence-electron chi connectivity index (χ3n) is 4.96. The number of fused-ring (bicyclic) bond motifs is 2. The number of ether oxygens (including phenoxy) is 1. The van der Waals surface area contributed by atoms with E-state index in [9.17, 15) is 4.79 Å². The number of anilines is 2. The van der Waals surface area contributed by atoms with E-state index in [1.165, 1.54) is 28.8 Å². The SMILES string of the molecule is CCOC(=O)c1c(N2Cc3ccccc3NC2=S)sc2c1CCCCC2. The zero-order valence-electron chi connectivity index (χ0n) is 14.8. The molecule has 136 valence electrons.